The number of hydrogen-bond donors (Lipinski definition) is 0. The lowest BCUT2D eigenvalue weighted by atomic mass is 10.1. The second-order valence-corrected chi connectivity index (χ2v) is 7.34. The summed E-state index contributed by atoms with van der Waals surface area (Å²) in [5.41, 5.74) is 3.13. The van der Waals surface area contributed by atoms with Crippen molar-refractivity contribution in [1.82, 2.24) is 0 Å². The molecule has 0 aliphatic carbocycles. The number of carbonyl (C=O) groups excluding carboxylic acids is 1. The third-order valence-corrected chi connectivity index (χ3v) is 5.29. The second kappa shape index (κ2) is 9.35. The third kappa shape index (κ3) is 5.06. The number of ether oxygens (including phenoxy) is 1. The average Bonchev–Trinajstić information content (AvgIpc) is 3.20. The first-order chi connectivity index (χ1) is 12.7. The molecule has 0 saturated carbocycles. The van der Waals surface area contributed by atoms with Crippen molar-refractivity contribution in [3.8, 4) is 16.2 Å². The van der Waals surface area contributed by atoms with Gasteiger partial charge in [-0.05, 0) is 67.8 Å². The van der Waals surface area contributed by atoms with Gasteiger partial charge in [-0.3, -0.25) is 4.79 Å². The molecule has 1 heterocycles. The molecule has 0 bridgehead atoms. The first-order valence-corrected chi connectivity index (χ1v) is 9.97. The van der Waals surface area contributed by atoms with Crippen LogP contribution in [0.15, 0.2) is 66.0 Å². The number of Topliss-reactive ketones (excluding diaryl/α,β-unsaturated/α-hetero) is 1. The van der Waals surface area contributed by atoms with E-state index in [2.05, 4.69) is 36.4 Å². The molecule has 3 heteroatoms. The number of rotatable bonds is 9. The van der Waals surface area contributed by atoms with Gasteiger partial charge in [0.05, 0.1) is 6.61 Å². The predicted octanol–water partition coefficient (Wildman–Crippen LogP) is 6.41. The molecule has 134 valence electrons. The lowest BCUT2D eigenvalue weighted by molar-refractivity contribution is 0.101. The largest absolute Gasteiger partial charge is 0.493 e. The molecule has 0 saturated heterocycles. The van der Waals surface area contributed by atoms with E-state index in [4.69, 9.17) is 4.74 Å². The number of thiophene rings is 1. The Kier molecular flexibility index (Phi) is 6.62. The Hall–Kier alpha value is -2.39. The highest BCUT2D eigenvalue weighted by atomic mass is 32.1. The van der Waals surface area contributed by atoms with E-state index in [0.29, 0.717) is 6.61 Å². The third-order valence-electron chi connectivity index (χ3n) is 4.38. The van der Waals surface area contributed by atoms with Gasteiger partial charge in [0.1, 0.15) is 5.75 Å². The lowest BCUT2D eigenvalue weighted by Crippen LogP contribution is -2.00. The lowest BCUT2D eigenvalue weighted by Gasteiger charge is -2.12. The van der Waals surface area contributed by atoms with Crippen LogP contribution in [0.4, 0.5) is 0 Å². The van der Waals surface area contributed by atoms with Crippen LogP contribution in [0.25, 0.3) is 10.4 Å². The summed E-state index contributed by atoms with van der Waals surface area (Å²) in [6, 6.07) is 20.4. The number of aryl methyl sites for hydroxylation is 1. The van der Waals surface area contributed by atoms with Gasteiger partial charge in [0.2, 0.25) is 0 Å². The van der Waals surface area contributed by atoms with Gasteiger partial charge in [0.15, 0.2) is 5.78 Å². The minimum absolute atomic E-state index is 0.0790. The first-order valence-electron chi connectivity index (χ1n) is 9.09. The van der Waals surface area contributed by atoms with E-state index in [1.165, 1.54) is 12.0 Å². The van der Waals surface area contributed by atoms with Crippen LogP contribution in [-0.2, 0) is 6.42 Å². The Morgan fingerprint density at radius 1 is 0.962 bits per heavy atom. The average molecular weight is 365 g/mol. The minimum Gasteiger partial charge on any atom is -0.493 e. The summed E-state index contributed by atoms with van der Waals surface area (Å²) in [7, 11) is 0. The van der Waals surface area contributed by atoms with Crippen LogP contribution >= 0.6 is 11.3 Å². The van der Waals surface area contributed by atoms with E-state index in [-0.39, 0.29) is 5.78 Å². The van der Waals surface area contributed by atoms with Crippen molar-refractivity contribution < 1.29 is 9.53 Å². The molecule has 1 aromatic heterocycles. The Bertz CT molecular complexity index is 823. The fourth-order valence-electron chi connectivity index (χ4n) is 2.93. The highest BCUT2D eigenvalue weighted by molar-refractivity contribution is 7.13. The fourth-order valence-corrected chi connectivity index (χ4v) is 3.68. The summed E-state index contributed by atoms with van der Waals surface area (Å²) in [6.45, 7) is 2.30. The van der Waals surface area contributed by atoms with Crippen LogP contribution in [0.5, 0.6) is 5.75 Å². The molecule has 0 spiro atoms. The normalized spacial score (nSPS) is 10.7. The van der Waals surface area contributed by atoms with Crippen LogP contribution in [0, 0.1) is 0 Å². The molecule has 0 unspecified atom stereocenters. The number of carbonyl (C=O) groups is 1. The topological polar surface area (TPSA) is 26.3 Å². The van der Waals surface area contributed by atoms with Crippen molar-refractivity contribution in [3.63, 3.8) is 0 Å². The van der Waals surface area contributed by atoms with E-state index in [9.17, 15) is 4.79 Å². The molecule has 26 heavy (non-hydrogen) atoms. The molecule has 3 aromatic rings. The SMILES string of the molecule is CC(=O)c1ccc(OCCCCCc2ccccc2)c(-c2cccs2)c1. The summed E-state index contributed by atoms with van der Waals surface area (Å²) in [5, 5.41) is 2.04. The molecule has 0 amide bonds. The zero-order chi connectivity index (χ0) is 18.2. The van der Waals surface area contributed by atoms with Crippen LogP contribution in [0.2, 0.25) is 0 Å². The Morgan fingerprint density at radius 2 is 1.81 bits per heavy atom. The van der Waals surface area contributed by atoms with Crippen molar-refractivity contribution in [2.75, 3.05) is 6.61 Å². The van der Waals surface area contributed by atoms with Gasteiger partial charge >= 0.3 is 0 Å². The highest BCUT2D eigenvalue weighted by Crippen LogP contribution is 2.34. The van der Waals surface area contributed by atoms with Gasteiger partial charge < -0.3 is 4.74 Å². The van der Waals surface area contributed by atoms with Gasteiger partial charge in [-0.2, -0.15) is 0 Å². The van der Waals surface area contributed by atoms with Crippen LogP contribution in [-0.4, -0.2) is 12.4 Å². The van der Waals surface area contributed by atoms with Gasteiger partial charge in [-0.15, -0.1) is 11.3 Å². The predicted molar refractivity (Wildman–Crippen MR) is 109 cm³/mol. The maximum absolute atomic E-state index is 11.7. The monoisotopic (exact) mass is 364 g/mol. The van der Waals surface area contributed by atoms with E-state index >= 15 is 0 Å². The zero-order valence-electron chi connectivity index (χ0n) is 15.1. The van der Waals surface area contributed by atoms with Crippen molar-refractivity contribution in [2.45, 2.75) is 32.6 Å². The minimum atomic E-state index is 0.0790. The number of benzene rings is 2. The Balaban J connectivity index is 1.53. The smallest absolute Gasteiger partial charge is 0.159 e. The molecule has 0 aliphatic rings. The van der Waals surface area contributed by atoms with Crippen molar-refractivity contribution >= 4 is 17.1 Å². The molecular weight excluding hydrogens is 340 g/mol. The van der Waals surface area contributed by atoms with Gasteiger partial charge in [-0.25, -0.2) is 0 Å². The quantitative estimate of drug-likeness (QED) is 0.324. The molecule has 2 aromatic carbocycles. The maximum atomic E-state index is 11.7. The molecule has 0 fully saturated rings. The number of ketones is 1. The van der Waals surface area contributed by atoms with Crippen LogP contribution < -0.4 is 4.74 Å². The van der Waals surface area contributed by atoms with E-state index < -0.39 is 0 Å². The zero-order valence-corrected chi connectivity index (χ0v) is 15.9. The summed E-state index contributed by atoms with van der Waals surface area (Å²) >= 11 is 1.66. The van der Waals surface area contributed by atoms with E-state index in [1.807, 2.05) is 29.6 Å². The van der Waals surface area contributed by atoms with Crippen LogP contribution in [0.1, 0.15) is 42.1 Å². The van der Waals surface area contributed by atoms with Crippen LogP contribution in [0.3, 0.4) is 0 Å². The second-order valence-electron chi connectivity index (χ2n) is 6.39. The Morgan fingerprint density at radius 3 is 2.54 bits per heavy atom. The number of unbranched alkanes of at least 4 members (excludes halogenated alkanes) is 2. The molecule has 0 aliphatic heterocycles. The molecule has 2 nitrogen and oxygen atoms in total. The molecule has 0 atom stereocenters. The highest BCUT2D eigenvalue weighted by Gasteiger charge is 2.11. The van der Waals surface area contributed by atoms with Gasteiger partial charge in [-0.1, -0.05) is 36.4 Å². The maximum Gasteiger partial charge on any atom is 0.159 e. The van der Waals surface area contributed by atoms with Crippen molar-refractivity contribution in [2.24, 2.45) is 0 Å². The Labute approximate surface area is 159 Å². The molecular formula is C23H24O2S. The summed E-state index contributed by atoms with van der Waals surface area (Å²) < 4.78 is 6.04. The first kappa shape index (κ1) is 18.4. The number of hydrogen-bond acceptors (Lipinski definition) is 3. The fraction of sp³-hybridized carbons (Fsp3) is 0.261. The van der Waals surface area contributed by atoms with E-state index in [1.54, 1.807) is 18.3 Å². The van der Waals surface area contributed by atoms with Gasteiger partial charge in [0.25, 0.3) is 0 Å². The summed E-state index contributed by atoms with van der Waals surface area (Å²) in [5.74, 6) is 0.941. The summed E-state index contributed by atoms with van der Waals surface area (Å²) in [4.78, 5) is 12.8. The molecule has 0 radical (unpaired) electrons. The molecule has 3 rings (SSSR count). The van der Waals surface area contributed by atoms with Gasteiger partial charge in [0, 0.05) is 16.0 Å². The standard InChI is InChI=1S/C23H24O2S/c1-18(24)20-13-14-22(21(17-20)23-12-8-16-26-23)25-15-7-3-6-11-19-9-4-2-5-10-19/h2,4-5,8-10,12-14,16-17H,3,6-7,11,15H2,1H3. The van der Waals surface area contributed by atoms with E-state index in [0.717, 1.165) is 41.0 Å². The van der Waals surface area contributed by atoms with Crippen molar-refractivity contribution in [1.29, 1.82) is 0 Å². The summed E-state index contributed by atoms with van der Waals surface area (Å²) in [6.07, 6.45) is 4.48. The van der Waals surface area contributed by atoms with Crippen molar-refractivity contribution in [3.05, 3.63) is 77.2 Å². The molecule has 0 N–H and O–H groups in total.